The molecular formula is C22H19Cl2NO4S. The van der Waals surface area contributed by atoms with Gasteiger partial charge in [-0.2, -0.15) is 0 Å². The molecule has 1 aliphatic heterocycles. The first-order valence-corrected chi connectivity index (χ1v) is 10.7. The highest BCUT2D eigenvalue weighted by molar-refractivity contribution is 8.18. The SMILES string of the molecule is C=CCOc1c(Cl)cc(/C=C2/SC(=O)N(Cc3ccccc3Cl)C2=O)cc1OCC. The predicted molar refractivity (Wildman–Crippen MR) is 121 cm³/mol. The Labute approximate surface area is 189 Å². The van der Waals surface area contributed by atoms with Gasteiger partial charge in [-0.25, -0.2) is 0 Å². The number of amides is 2. The van der Waals surface area contributed by atoms with Crippen molar-refractivity contribution in [2.75, 3.05) is 13.2 Å². The topological polar surface area (TPSA) is 55.8 Å². The first-order valence-electron chi connectivity index (χ1n) is 9.13. The van der Waals surface area contributed by atoms with Gasteiger partial charge in [0.15, 0.2) is 11.5 Å². The van der Waals surface area contributed by atoms with Gasteiger partial charge in [-0.3, -0.25) is 14.5 Å². The average molecular weight is 464 g/mol. The largest absolute Gasteiger partial charge is 0.490 e. The van der Waals surface area contributed by atoms with Crippen LogP contribution in [0.25, 0.3) is 6.08 Å². The molecule has 0 saturated carbocycles. The summed E-state index contributed by atoms with van der Waals surface area (Å²) in [5.41, 5.74) is 1.32. The van der Waals surface area contributed by atoms with Crippen LogP contribution in [0.3, 0.4) is 0 Å². The van der Waals surface area contributed by atoms with Crippen LogP contribution in [0.4, 0.5) is 4.79 Å². The maximum Gasteiger partial charge on any atom is 0.293 e. The third-order valence-electron chi connectivity index (χ3n) is 4.13. The Morgan fingerprint density at radius 3 is 2.60 bits per heavy atom. The van der Waals surface area contributed by atoms with Gasteiger partial charge < -0.3 is 9.47 Å². The second-order valence-corrected chi connectivity index (χ2v) is 8.03. The number of ether oxygens (including phenoxy) is 2. The minimum Gasteiger partial charge on any atom is -0.490 e. The van der Waals surface area contributed by atoms with Crippen molar-refractivity contribution in [3.8, 4) is 11.5 Å². The molecule has 2 aromatic carbocycles. The van der Waals surface area contributed by atoms with E-state index in [9.17, 15) is 9.59 Å². The maximum atomic E-state index is 12.8. The Morgan fingerprint density at radius 1 is 1.13 bits per heavy atom. The number of nitrogens with zero attached hydrogens (tertiary/aromatic N) is 1. The molecule has 8 heteroatoms. The van der Waals surface area contributed by atoms with Gasteiger partial charge in [0.05, 0.1) is 23.1 Å². The maximum absolute atomic E-state index is 12.8. The first kappa shape index (κ1) is 22.3. The lowest BCUT2D eigenvalue weighted by Gasteiger charge is -2.14. The zero-order chi connectivity index (χ0) is 21.7. The van der Waals surface area contributed by atoms with Gasteiger partial charge in [-0.1, -0.05) is 54.1 Å². The molecule has 0 aliphatic carbocycles. The summed E-state index contributed by atoms with van der Waals surface area (Å²) in [6.45, 7) is 6.27. The van der Waals surface area contributed by atoms with Crippen LogP contribution in [-0.4, -0.2) is 29.3 Å². The van der Waals surface area contributed by atoms with E-state index >= 15 is 0 Å². The Kier molecular flexibility index (Phi) is 7.48. The molecule has 0 unspecified atom stereocenters. The minimum absolute atomic E-state index is 0.112. The fourth-order valence-corrected chi connectivity index (χ4v) is 4.11. The second kappa shape index (κ2) is 10.1. The van der Waals surface area contributed by atoms with E-state index in [0.717, 1.165) is 11.8 Å². The van der Waals surface area contributed by atoms with Crippen LogP contribution >= 0.6 is 35.0 Å². The van der Waals surface area contributed by atoms with Gasteiger partial charge in [0.1, 0.15) is 6.61 Å². The molecule has 1 heterocycles. The third-order valence-corrected chi connectivity index (χ3v) is 5.69. The van der Waals surface area contributed by atoms with Gasteiger partial charge in [0.2, 0.25) is 0 Å². The Morgan fingerprint density at radius 2 is 1.90 bits per heavy atom. The van der Waals surface area contributed by atoms with E-state index in [1.54, 1.807) is 42.5 Å². The lowest BCUT2D eigenvalue weighted by atomic mass is 10.1. The summed E-state index contributed by atoms with van der Waals surface area (Å²) in [5.74, 6) is 0.474. The molecule has 0 aromatic heterocycles. The normalized spacial score (nSPS) is 15.0. The predicted octanol–water partition coefficient (Wildman–Crippen LogP) is 6.19. The number of imide groups is 1. The molecule has 30 heavy (non-hydrogen) atoms. The van der Waals surface area contributed by atoms with Crippen molar-refractivity contribution in [1.82, 2.24) is 4.90 Å². The molecular weight excluding hydrogens is 445 g/mol. The van der Waals surface area contributed by atoms with Crippen molar-refractivity contribution in [2.45, 2.75) is 13.5 Å². The number of hydrogen-bond donors (Lipinski definition) is 0. The highest BCUT2D eigenvalue weighted by atomic mass is 35.5. The number of rotatable bonds is 8. The van der Waals surface area contributed by atoms with Crippen LogP contribution < -0.4 is 9.47 Å². The fourth-order valence-electron chi connectivity index (χ4n) is 2.80. The van der Waals surface area contributed by atoms with E-state index in [2.05, 4.69) is 6.58 Å². The molecule has 2 amide bonds. The van der Waals surface area contributed by atoms with Crippen molar-refractivity contribution in [1.29, 1.82) is 0 Å². The van der Waals surface area contributed by atoms with E-state index in [1.807, 2.05) is 13.0 Å². The molecule has 0 bridgehead atoms. The summed E-state index contributed by atoms with van der Waals surface area (Å²) in [6, 6.07) is 10.5. The molecule has 3 rings (SSSR count). The van der Waals surface area contributed by atoms with Gasteiger partial charge >= 0.3 is 0 Å². The van der Waals surface area contributed by atoms with E-state index in [1.165, 1.54) is 4.90 Å². The second-order valence-electron chi connectivity index (χ2n) is 6.22. The number of benzene rings is 2. The standard InChI is InChI=1S/C22H19Cl2NO4S/c1-3-9-29-20-17(24)10-14(11-18(20)28-4-2)12-19-21(26)25(22(27)30-19)13-15-7-5-6-8-16(15)23/h3,5-8,10-12H,1,4,9,13H2,2H3/b19-12+. The first-order chi connectivity index (χ1) is 14.4. The lowest BCUT2D eigenvalue weighted by molar-refractivity contribution is -0.123. The molecule has 0 spiro atoms. The van der Waals surface area contributed by atoms with E-state index < -0.39 is 0 Å². The average Bonchev–Trinajstić information content (AvgIpc) is 2.96. The molecule has 0 radical (unpaired) electrons. The smallest absolute Gasteiger partial charge is 0.293 e. The molecule has 1 saturated heterocycles. The quantitative estimate of drug-likeness (QED) is 0.344. The van der Waals surface area contributed by atoms with Crippen molar-refractivity contribution in [2.24, 2.45) is 0 Å². The van der Waals surface area contributed by atoms with Crippen molar-refractivity contribution in [3.05, 3.63) is 75.1 Å². The number of thioether (sulfide) groups is 1. The number of halogens is 2. The summed E-state index contributed by atoms with van der Waals surface area (Å²) in [4.78, 5) is 26.7. The highest BCUT2D eigenvalue weighted by Gasteiger charge is 2.35. The minimum atomic E-state index is -0.383. The van der Waals surface area contributed by atoms with Crippen molar-refractivity contribution in [3.63, 3.8) is 0 Å². The van der Waals surface area contributed by atoms with Crippen LogP contribution in [-0.2, 0) is 11.3 Å². The molecule has 156 valence electrons. The molecule has 1 aliphatic rings. The zero-order valence-corrected chi connectivity index (χ0v) is 18.5. The van der Waals surface area contributed by atoms with E-state index in [0.29, 0.717) is 44.2 Å². The zero-order valence-electron chi connectivity index (χ0n) is 16.2. The monoisotopic (exact) mass is 463 g/mol. The van der Waals surface area contributed by atoms with Crippen molar-refractivity contribution < 1.29 is 19.1 Å². The fraction of sp³-hybridized carbons (Fsp3) is 0.182. The van der Waals surface area contributed by atoms with E-state index in [-0.39, 0.29) is 24.3 Å². The number of carbonyl (C=O) groups is 2. The summed E-state index contributed by atoms with van der Waals surface area (Å²) >= 11 is 13.4. The Balaban J connectivity index is 1.87. The molecule has 0 N–H and O–H groups in total. The van der Waals surface area contributed by atoms with Gasteiger partial charge in [0.25, 0.3) is 11.1 Å². The van der Waals surface area contributed by atoms with Gasteiger partial charge in [-0.15, -0.1) is 0 Å². The summed E-state index contributed by atoms with van der Waals surface area (Å²) in [5, 5.41) is 0.487. The van der Waals surface area contributed by atoms with Crippen LogP contribution in [0.1, 0.15) is 18.1 Å². The van der Waals surface area contributed by atoms with Crippen LogP contribution in [0.15, 0.2) is 54.0 Å². The Bertz CT molecular complexity index is 1020. The number of hydrogen-bond acceptors (Lipinski definition) is 5. The van der Waals surface area contributed by atoms with Crippen LogP contribution in [0, 0.1) is 0 Å². The molecule has 5 nitrogen and oxygen atoms in total. The van der Waals surface area contributed by atoms with Crippen molar-refractivity contribution >= 4 is 52.2 Å². The molecule has 2 aromatic rings. The Hall–Kier alpha value is -2.41. The summed E-state index contributed by atoms with van der Waals surface area (Å²) in [6.07, 6.45) is 3.22. The van der Waals surface area contributed by atoms with E-state index in [4.69, 9.17) is 32.7 Å². The van der Waals surface area contributed by atoms with Gasteiger partial charge in [0, 0.05) is 5.02 Å². The van der Waals surface area contributed by atoms with Gasteiger partial charge in [-0.05, 0) is 54.1 Å². The van der Waals surface area contributed by atoms with Crippen LogP contribution in [0.2, 0.25) is 10.0 Å². The summed E-state index contributed by atoms with van der Waals surface area (Å²) in [7, 11) is 0. The summed E-state index contributed by atoms with van der Waals surface area (Å²) < 4.78 is 11.2. The van der Waals surface area contributed by atoms with Crippen LogP contribution in [0.5, 0.6) is 11.5 Å². The highest BCUT2D eigenvalue weighted by Crippen LogP contribution is 2.39. The third kappa shape index (κ3) is 5.01. The number of carbonyl (C=O) groups excluding carboxylic acids is 2. The molecule has 0 atom stereocenters. The lowest BCUT2D eigenvalue weighted by Crippen LogP contribution is -2.27. The molecule has 1 fully saturated rings.